The van der Waals surface area contributed by atoms with Crippen LogP contribution in [0.2, 0.25) is 0 Å². The molecule has 0 aliphatic carbocycles. The number of benzene rings is 1. The Morgan fingerprint density at radius 1 is 1.04 bits per heavy atom. The summed E-state index contributed by atoms with van der Waals surface area (Å²) in [6.45, 7) is 0.373. The lowest BCUT2D eigenvalue weighted by Gasteiger charge is -2.03. The fraction of sp³-hybridized carbons (Fsp3) is 0.0556. The molecule has 0 saturated carbocycles. The molecule has 6 heteroatoms. The molecule has 1 aromatic carbocycles. The van der Waals surface area contributed by atoms with Crippen LogP contribution in [0.5, 0.6) is 0 Å². The molecule has 24 heavy (non-hydrogen) atoms. The van der Waals surface area contributed by atoms with E-state index in [0.717, 1.165) is 9.35 Å². The first-order valence-corrected chi connectivity index (χ1v) is 8.81. The van der Waals surface area contributed by atoms with Crippen LogP contribution in [0.3, 0.4) is 0 Å². The van der Waals surface area contributed by atoms with Gasteiger partial charge in [0.15, 0.2) is 0 Å². The Labute approximate surface area is 151 Å². The zero-order chi connectivity index (χ0) is 16.9. The molecule has 4 nitrogen and oxygen atoms in total. The van der Waals surface area contributed by atoms with Crippen molar-refractivity contribution in [3.05, 3.63) is 86.3 Å². The Kier molecular flexibility index (Phi) is 5.17. The number of hydrogen-bond donors (Lipinski definition) is 1. The highest BCUT2D eigenvalue weighted by Gasteiger charge is 2.12. The predicted molar refractivity (Wildman–Crippen MR) is 97.3 cm³/mol. The van der Waals surface area contributed by atoms with E-state index >= 15 is 0 Å². The van der Waals surface area contributed by atoms with Gasteiger partial charge in [-0.25, -0.2) is 0 Å². The van der Waals surface area contributed by atoms with Crippen LogP contribution in [0.15, 0.2) is 65.4 Å². The quantitative estimate of drug-likeness (QED) is 0.656. The van der Waals surface area contributed by atoms with E-state index in [0.29, 0.717) is 22.5 Å². The average molecular weight is 401 g/mol. The summed E-state index contributed by atoms with van der Waals surface area (Å²) in [6.07, 6.45) is 3.14. The molecule has 0 spiro atoms. The number of amides is 1. The van der Waals surface area contributed by atoms with E-state index in [1.165, 1.54) is 17.5 Å². The predicted octanol–water partition coefficient (Wildman–Crippen LogP) is 4.07. The summed E-state index contributed by atoms with van der Waals surface area (Å²) < 4.78 is 0.752. The highest BCUT2D eigenvalue weighted by molar-refractivity contribution is 9.10. The summed E-state index contributed by atoms with van der Waals surface area (Å²) in [5.41, 5.74) is 1.15. The Balaban J connectivity index is 1.64. The van der Waals surface area contributed by atoms with Crippen LogP contribution < -0.4 is 5.32 Å². The lowest BCUT2D eigenvalue weighted by Crippen LogP contribution is -2.22. The molecule has 2 heterocycles. The monoisotopic (exact) mass is 400 g/mol. The maximum absolute atomic E-state index is 12.4. The van der Waals surface area contributed by atoms with Gasteiger partial charge in [0.1, 0.15) is 0 Å². The summed E-state index contributed by atoms with van der Waals surface area (Å²) in [5, 5.41) is 2.83. The minimum atomic E-state index is -0.201. The number of aromatic nitrogens is 1. The Hall–Kier alpha value is -2.31. The standard InChI is InChI=1S/C18H13BrN2O2S/c19-14-8-13(9-20-10-14)18(23)21-11-15-6-7-16(24-15)17(22)12-4-2-1-3-5-12/h1-10H,11H2,(H,21,23). The van der Waals surface area contributed by atoms with Crippen LogP contribution in [-0.4, -0.2) is 16.7 Å². The maximum atomic E-state index is 12.4. The van der Waals surface area contributed by atoms with Gasteiger partial charge in [0.2, 0.25) is 5.78 Å². The molecule has 0 atom stereocenters. The molecule has 0 radical (unpaired) electrons. The summed E-state index contributed by atoms with van der Waals surface area (Å²) >= 11 is 4.68. The molecule has 3 rings (SSSR count). The molecule has 0 aliphatic rings. The van der Waals surface area contributed by atoms with Crippen LogP contribution in [-0.2, 0) is 6.54 Å². The van der Waals surface area contributed by atoms with Gasteiger partial charge >= 0.3 is 0 Å². The Bertz CT molecular complexity index is 877. The van der Waals surface area contributed by atoms with E-state index < -0.39 is 0 Å². The first-order valence-electron chi connectivity index (χ1n) is 7.21. The molecule has 3 aromatic rings. The summed E-state index contributed by atoms with van der Waals surface area (Å²) in [7, 11) is 0. The highest BCUT2D eigenvalue weighted by Crippen LogP contribution is 2.20. The number of hydrogen-bond acceptors (Lipinski definition) is 4. The first-order chi connectivity index (χ1) is 11.6. The lowest BCUT2D eigenvalue weighted by molar-refractivity contribution is 0.0950. The van der Waals surface area contributed by atoms with Gasteiger partial charge in [-0.05, 0) is 34.1 Å². The molecule has 2 aromatic heterocycles. The van der Waals surface area contributed by atoms with Crippen molar-refractivity contribution < 1.29 is 9.59 Å². The van der Waals surface area contributed by atoms with Crippen molar-refractivity contribution in [2.24, 2.45) is 0 Å². The third kappa shape index (κ3) is 3.96. The number of thiophene rings is 1. The molecule has 0 bridgehead atoms. The second kappa shape index (κ2) is 7.51. The van der Waals surface area contributed by atoms with E-state index in [1.807, 2.05) is 24.3 Å². The molecule has 0 unspecified atom stereocenters. The normalized spacial score (nSPS) is 10.4. The van der Waals surface area contributed by atoms with Crippen LogP contribution in [0.25, 0.3) is 0 Å². The van der Waals surface area contributed by atoms with Crippen molar-refractivity contribution >= 4 is 39.0 Å². The molecular formula is C18H13BrN2O2S. The summed E-state index contributed by atoms with van der Waals surface area (Å²) in [6, 6.07) is 14.5. The second-order valence-corrected chi connectivity index (χ2v) is 7.12. The molecule has 120 valence electrons. The maximum Gasteiger partial charge on any atom is 0.253 e. The van der Waals surface area contributed by atoms with Gasteiger partial charge in [0.05, 0.1) is 17.0 Å². The van der Waals surface area contributed by atoms with Crippen molar-refractivity contribution in [3.63, 3.8) is 0 Å². The van der Waals surface area contributed by atoms with Gasteiger partial charge in [-0.2, -0.15) is 0 Å². The fourth-order valence-corrected chi connectivity index (χ4v) is 3.41. The van der Waals surface area contributed by atoms with E-state index in [9.17, 15) is 9.59 Å². The average Bonchev–Trinajstić information content (AvgIpc) is 3.09. The Morgan fingerprint density at radius 3 is 2.58 bits per heavy atom. The van der Waals surface area contributed by atoms with Crippen LogP contribution in [0.4, 0.5) is 0 Å². The Morgan fingerprint density at radius 2 is 1.83 bits per heavy atom. The van der Waals surface area contributed by atoms with Crippen molar-refractivity contribution in [1.82, 2.24) is 10.3 Å². The van der Waals surface area contributed by atoms with Crippen molar-refractivity contribution in [2.75, 3.05) is 0 Å². The number of rotatable bonds is 5. The van der Waals surface area contributed by atoms with Gasteiger partial charge < -0.3 is 5.32 Å². The van der Waals surface area contributed by atoms with E-state index in [4.69, 9.17) is 0 Å². The summed E-state index contributed by atoms with van der Waals surface area (Å²) in [4.78, 5) is 30.0. The van der Waals surface area contributed by atoms with Crippen LogP contribution in [0, 0.1) is 0 Å². The first kappa shape index (κ1) is 16.5. The number of ketones is 1. The van der Waals surface area contributed by atoms with Gasteiger partial charge in [-0.1, -0.05) is 30.3 Å². The van der Waals surface area contributed by atoms with Crippen molar-refractivity contribution in [3.8, 4) is 0 Å². The molecule has 0 saturated heterocycles. The van der Waals surface area contributed by atoms with Crippen molar-refractivity contribution in [1.29, 1.82) is 0 Å². The van der Waals surface area contributed by atoms with Gasteiger partial charge in [-0.3, -0.25) is 14.6 Å². The van der Waals surface area contributed by atoms with Gasteiger partial charge in [-0.15, -0.1) is 11.3 Å². The molecule has 1 amide bonds. The number of pyridine rings is 1. The van der Waals surface area contributed by atoms with E-state index in [1.54, 1.807) is 30.5 Å². The summed E-state index contributed by atoms with van der Waals surface area (Å²) in [5.74, 6) is -0.206. The highest BCUT2D eigenvalue weighted by atomic mass is 79.9. The van der Waals surface area contributed by atoms with Crippen LogP contribution >= 0.6 is 27.3 Å². The smallest absolute Gasteiger partial charge is 0.253 e. The zero-order valence-electron chi connectivity index (χ0n) is 12.5. The second-order valence-electron chi connectivity index (χ2n) is 5.04. The van der Waals surface area contributed by atoms with Gasteiger partial charge in [0.25, 0.3) is 5.91 Å². The van der Waals surface area contributed by atoms with Crippen molar-refractivity contribution in [2.45, 2.75) is 6.54 Å². The number of carbonyl (C=O) groups is 2. The topological polar surface area (TPSA) is 59.1 Å². The molecule has 1 N–H and O–H groups in total. The number of nitrogens with zero attached hydrogens (tertiary/aromatic N) is 1. The van der Waals surface area contributed by atoms with Gasteiger partial charge in [0, 0.05) is 27.3 Å². The van der Waals surface area contributed by atoms with E-state index in [2.05, 4.69) is 26.2 Å². The third-order valence-electron chi connectivity index (χ3n) is 3.31. The minimum absolute atomic E-state index is 0.00522. The lowest BCUT2D eigenvalue weighted by atomic mass is 10.1. The fourth-order valence-electron chi connectivity index (χ4n) is 2.13. The largest absolute Gasteiger partial charge is 0.347 e. The zero-order valence-corrected chi connectivity index (χ0v) is 14.9. The number of nitrogens with one attached hydrogen (secondary N) is 1. The molecule has 0 aliphatic heterocycles. The SMILES string of the molecule is O=C(NCc1ccc(C(=O)c2ccccc2)s1)c1cncc(Br)c1. The third-order valence-corrected chi connectivity index (χ3v) is 4.83. The minimum Gasteiger partial charge on any atom is -0.347 e. The van der Waals surface area contributed by atoms with E-state index in [-0.39, 0.29) is 11.7 Å². The number of carbonyl (C=O) groups excluding carboxylic acids is 2. The molecule has 0 fully saturated rings. The molecular weight excluding hydrogens is 388 g/mol. The number of halogens is 1. The van der Waals surface area contributed by atoms with Crippen LogP contribution in [0.1, 0.15) is 30.5 Å².